The molecule has 0 aromatic carbocycles. The van der Waals surface area contributed by atoms with Crippen molar-refractivity contribution in [2.75, 3.05) is 13.1 Å². The predicted octanol–water partition coefficient (Wildman–Crippen LogP) is 2.73. The van der Waals surface area contributed by atoms with Crippen molar-refractivity contribution in [3.63, 3.8) is 0 Å². The van der Waals surface area contributed by atoms with E-state index in [0.29, 0.717) is 10.9 Å². The van der Waals surface area contributed by atoms with Crippen LogP contribution < -0.4 is 5.32 Å². The van der Waals surface area contributed by atoms with E-state index in [1.807, 2.05) is 11.8 Å². The lowest BCUT2D eigenvalue weighted by Gasteiger charge is -2.20. The molecular weight excluding hydrogens is 290 g/mol. The third-order valence-electron chi connectivity index (χ3n) is 3.72. The molecule has 0 bridgehead atoms. The third kappa shape index (κ3) is 3.93. The van der Waals surface area contributed by atoms with E-state index in [4.69, 9.17) is 5.11 Å². The second kappa shape index (κ2) is 6.89. The second-order valence-electron chi connectivity index (χ2n) is 5.44. The maximum Gasteiger partial charge on any atom is 0.355 e. The molecule has 1 aliphatic heterocycles. The molecule has 21 heavy (non-hydrogen) atoms. The topological polar surface area (TPSA) is 82.5 Å². The largest absolute Gasteiger partial charge is 0.476 e. The van der Waals surface area contributed by atoms with Gasteiger partial charge in [-0.2, -0.15) is 0 Å². The molecular formula is C14H21N3O3S. The molecule has 1 aromatic rings. The highest BCUT2D eigenvalue weighted by Gasteiger charge is 2.27. The average molecular weight is 311 g/mol. The van der Waals surface area contributed by atoms with Crippen LogP contribution in [0.3, 0.4) is 0 Å². The minimum atomic E-state index is -1.04. The van der Waals surface area contributed by atoms with Crippen LogP contribution in [-0.2, 0) is 0 Å². The Morgan fingerprint density at radius 3 is 3.00 bits per heavy atom. The second-order valence-corrected chi connectivity index (χ2v) is 6.33. The van der Waals surface area contributed by atoms with Gasteiger partial charge >= 0.3 is 12.0 Å². The van der Waals surface area contributed by atoms with Crippen molar-refractivity contribution >= 4 is 23.3 Å². The standard InChI is InChI=1S/C14H21N3O3S/c1-3-4-10-5-6-17(7-10)14(20)15-9(2)12-16-11(8-21-12)13(18)19/h8-10H,3-7H2,1-2H3,(H,15,20)(H,18,19). The van der Waals surface area contributed by atoms with Crippen LogP contribution in [0.1, 0.15) is 54.6 Å². The molecule has 0 saturated carbocycles. The van der Waals surface area contributed by atoms with Gasteiger partial charge in [-0.3, -0.25) is 0 Å². The Morgan fingerprint density at radius 1 is 1.62 bits per heavy atom. The number of carboxylic acid groups (broad SMARTS) is 1. The maximum absolute atomic E-state index is 12.2. The van der Waals surface area contributed by atoms with Crippen LogP contribution in [-0.4, -0.2) is 40.1 Å². The Balaban J connectivity index is 1.88. The van der Waals surface area contributed by atoms with Gasteiger partial charge < -0.3 is 15.3 Å². The fraction of sp³-hybridized carbons (Fsp3) is 0.643. The summed E-state index contributed by atoms with van der Waals surface area (Å²) in [5, 5.41) is 13.9. The summed E-state index contributed by atoms with van der Waals surface area (Å²) in [5.41, 5.74) is 0.0280. The van der Waals surface area contributed by atoms with E-state index in [0.717, 1.165) is 32.4 Å². The Morgan fingerprint density at radius 2 is 2.38 bits per heavy atom. The van der Waals surface area contributed by atoms with Crippen LogP contribution in [0.15, 0.2) is 5.38 Å². The summed E-state index contributed by atoms with van der Waals surface area (Å²) in [7, 11) is 0. The molecule has 2 rings (SSSR count). The molecule has 6 nitrogen and oxygen atoms in total. The Hall–Kier alpha value is -1.63. The molecule has 1 saturated heterocycles. The molecule has 2 heterocycles. The number of nitrogens with zero attached hydrogens (tertiary/aromatic N) is 2. The van der Waals surface area contributed by atoms with Gasteiger partial charge in [0.25, 0.3) is 0 Å². The molecule has 2 unspecified atom stereocenters. The van der Waals surface area contributed by atoms with E-state index in [9.17, 15) is 9.59 Å². The number of carbonyl (C=O) groups is 2. The van der Waals surface area contributed by atoms with Gasteiger partial charge in [-0.1, -0.05) is 13.3 Å². The smallest absolute Gasteiger partial charge is 0.355 e. The average Bonchev–Trinajstić information content (AvgIpc) is 3.07. The minimum absolute atomic E-state index is 0.0280. The highest BCUT2D eigenvalue weighted by atomic mass is 32.1. The number of hydrogen-bond acceptors (Lipinski definition) is 4. The third-order valence-corrected chi connectivity index (χ3v) is 4.75. The van der Waals surface area contributed by atoms with Crippen molar-refractivity contribution in [3.8, 4) is 0 Å². The Kier molecular flexibility index (Phi) is 5.17. The fourth-order valence-electron chi connectivity index (χ4n) is 2.58. The lowest BCUT2D eigenvalue weighted by Crippen LogP contribution is -2.39. The molecule has 1 fully saturated rings. The number of carboxylic acids is 1. The van der Waals surface area contributed by atoms with Crippen LogP contribution in [0.4, 0.5) is 4.79 Å². The number of nitrogens with one attached hydrogen (secondary N) is 1. The van der Waals surface area contributed by atoms with E-state index in [1.165, 1.54) is 16.7 Å². The molecule has 2 atom stereocenters. The van der Waals surface area contributed by atoms with Crippen LogP contribution >= 0.6 is 11.3 Å². The molecule has 1 aliphatic rings. The van der Waals surface area contributed by atoms with E-state index in [1.54, 1.807) is 0 Å². The van der Waals surface area contributed by atoms with Gasteiger partial charge in [-0.25, -0.2) is 14.6 Å². The molecule has 0 radical (unpaired) electrons. The van der Waals surface area contributed by atoms with Crippen molar-refractivity contribution in [3.05, 3.63) is 16.1 Å². The van der Waals surface area contributed by atoms with Gasteiger partial charge in [0.05, 0.1) is 6.04 Å². The number of urea groups is 1. The van der Waals surface area contributed by atoms with E-state index in [-0.39, 0.29) is 17.8 Å². The number of aromatic nitrogens is 1. The van der Waals surface area contributed by atoms with E-state index >= 15 is 0 Å². The van der Waals surface area contributed by atoms with Crippen LogP contribution in [0.5, 0.6) is 0 Å². The number of thiazole rings is 1. The number of likely N-dealkylation sites (tertiary alicyclic amines) is 1. The molecule has 116 valence electrons. The lowest BCUT2D eigenvalue weighted by atomic mass is 10.0. The fourth-order valence-corrected chi connectivity index (χ4v) is 3.38. The highest BCUT2D eigenvalue weighted by Crippen LogP contribution is 2.22. The molecule has 0 spiro atoms. The predicted molar refractivity (Wildman–Crippen MR) is 80.6 cm³/mol. The van der Waals surface area contributed by atoms with Gasteiger partial charge in [0.15, 0.2) is 5.69 Å². The van der Waals surface area contributed by atoms with Crippen molar-refractivity contribution < 1.29 is 14.7 Å². The van der Waals surface area contributed by atoms with Crippen LogP contribution in [0, 0.1) is 5.92 Å². The summed E-state index contributed by atoms with van der Waals surface area (Å²) < 4.78 is 0. The first-order valence-electron chi connectivity index (χ1n) is 7.25. The molecule has 1 aromatic heterocycles. The molecule has 0 aliphatic carbocycles. The van der Waals surface area contributed by atoms with E-state index < -0.39 is 5.97 Å². The normalized spacial score (nSPS) is 19.5. The molecule has 2 N–H and O–H groups in total. The van der Waals surface area contributed by atoms with E-state index in [2.05, 4.69) is 17.2 Å². The van der Waals surface area contributed by atoms with Crippen molar-refractivity contribution in [1.29, 1.82) is 0 Å². The van der Waals surface area contributed by atoms with Crippen molar-refractivity contribution in [2.24, 2.45) is 5.92 Å². The first kappa shape index (κ1) is 15.8. The first-order chi connectivity index (χ1) is 10.0. The Bertz CT molecular complexity index is 517. The van der Waals surface area contributed by atoms with Gasteiger partial charge in [0.1, 0.15) is 5.01 Å². The number of aromatic carboxylic acids is 1. The van der Waals surface area contributed by atoms with Crippen LogP contribution in [0.2, 0.25) is 0 Å². The summed E-state index contributed by atoms with van der Waals surface area (Å²) in [6, 6.07) is -0.367. The monoisotopic (exact) mass is 311 g/mol. The molecule has 7 heteroatoms. The van der Waals surface area contributed by atoms with Crippen LogP contribution in [0.25, 0.3) is 0 Å². The van der Waals surface area contributed by atoms with Crippen molar-refractivity contribution in [2.45, 2.75) is 39.2 Å². The van der Waals surface area contributed by atoms with Gasteiger partial charge in [-0.15, -0.1) is 11.3 Å². The zero-order chi connectivity index (χ0) is 15.4. The van der Waals surface area contributed by atoms with Crippen molar-refractivity contribution in [1.82, 2.24) is 15.2 Å². The number of hydrogen-bond donors (Lipinski definition) is 2. The Labute approximate surface area is 128 Å². The minimum Gasteiger partial charge on any atom is -0.476 e. The maximum atomic E-state index is 12.2. The summed E-state index contributed by atoms with van der Waals surface area (Å²) in [6.07, 6.45) is 3.37. The summed E-state index contributed by atoms with van der Waals surface area (Å²) in [6.45, 7) is 5.58. The number of amides is 2. The van der Waals surface area contributed by atoms with Gasteiger partial charge in [0, 0.05) is 18.5 Å². The highest BCUT2D eigenvalue weighted by molar-refractivity contribution is 7.09. The van der Waals surface area contributed by atoms with Gasteiger partial charge in [-0.05, 0) is 25.7 Å². The zero-order valence-electron chi connectivity index (χ0n) is 12.3. The number of carbonyl (C=O) groups excluding carboxylic acids is 1. The quantitative estimate of drug-likeness (QED) is 0.876. The zero-order valence-corrected chi connectivity index (χ0v) is 13.2. The SMILES string of the molecule is CCCC1CCN(C(=O)NC(C)c2nc(C(=O)O)cs2)C1. The first-order valence-corrected chi connectivity index (χ1v) is 8.13. The lowest BCUT2D eigenvalue weighted by molar-refractivity contribution is 0.0691. The van der Waals surface area contributed by atoms with Gasteiger partial charge in [0.2, 0.25) is 0 Å². The summed E-state index contributed by atoms with van der Waals surface area (Å²) in [4.78, 5) is 28.9. The summed E-state index contributed by atoms with van der Waals surface area (Å²) in [5.74, 6) is -0.437. The number of rotatable bonds is 5. The summed E-state index contributed by atoms with van der Waals surface area (Å²) >= 11 is 1.25. The molecule has 2 amide bonds.